The van der Waals surface area contributed by atoms with E-state index in [0.717, 1.165) is 19.5 Å². The number of carboxylic acid groups (broad SMARTS) is 1. The summed E-state index contributed by atoms with van der Waals surface area (Å²) in [7, 11) is -3.20. The molecular weight excluding hydrogens is 456 g/mol. The highest BCUT2D eigenvalue weighted by Gasteiger charge is 2.40. The molecule has 0 saturated carbocycles. The third-order valence-electron chi connectivity index (χ3n) is 6.57. The Labute approximate surface area is 202 Å². The van der Waals surface area contributed by atoms with E-state index in [0.29, 0.717) is 30.9 Å². The number of nitrogens with zero attached hydrogens (tertiary/aromatic N) is 4. The summed E-state index contributed by atoms with van der Waals surface area (Å²) in [6.07, 6.45) is -0.000978. The van der Waals surface area contributed by atoms with Gasteiger partial charge >= 0.3 is 6.09 Å². The van der Waals surface area contributed by atoms with Crippen LogP contribution in [0.15, 0.2) is 24.3 Å². The number of nitriles is 1. The summed E-state index contributed by atoms with van der Waals surface area (Å²) < 4.78 is 32.4. The third-order valence-corrected chi connectivity index (χ3v) is 8.38. The van der Waals surface area contributed by atoms with Gasteiger partial charge in [-0.2, -0.15) is 5.26 Å². The molecule has 0 aliphatic carbocycles. The monoisotopic (exact) mass is 492 g/mol. The number of hydrogen-bond acceptors (Lipinski definition) is 6. The van der Waals surface area contributed by atoms with Crippen LogP contribution in [0.3, 0.4) is 0 Å². The molecule has 188 valence electrons. The highest BCUT2D eigenvalue weighted by atomic mass is 32.2. The first-order valence-electron chi connectivity index (χ1n) is 11.8. The van der Waals surface area contributed by atoms with E-state index < -0.39 is 27.7 Å². The molecule has 1 N–H and O–H groups in total. The van der Waals surface area contributed by atoms with Crippen LogP contribution in [0.5, 0.6) is 5.75 Å². The van der Waals surface area contributed by atoms with E-state index in [9.17, 15) is 18.3 Å². The Balaban J connectivity index is 1.73. The van der Waals surface area contributed by atoms with Crippen molar-refractivity contribution in [1.29, 1.82) is 5.26 Å². The van der Waals surface area contributed by atoms with Crippen LogP contribution in [-0.4, -0.2) is 90.4 Å². The fourth-order valence-electron chi connectivity index (χ4n) is 5.22. The van der Waals surface area contributed by atoms with Crippen molar-refractivity contribution in [1.82, 2.24) is 14.1 Å². The molecule has 2 saturated heterocycles. The van der Waals surface area contributed by atoms with Crippen molar-refractivity contribution < 1.29 is 23.1 Å². The van der Waals surface area contributed by atoms with Crippen molar-refractivity contribution in [3.05, 3.63) is 29.8 Å². The SMILES string of the molecule is CCS(=O)(=O)N1CC2CC(CN(CC(COc3ccc(C#N)cc3)N(C(=O)O)C(C)(C)C)C2)C1. The van der Waals surface area contributed by atoms with E-state index in [-0.39, 0.29) is 24.2 Å². The van der Waals surface area contributed by atoms with Crippen molar-refractivity contribution in [2.45, 2.75) is 45.7 Å². The lowest BCUT2D eigenvalue weighted by atomic mass is 9.85. The molecule has 3 rings (SSSR count). The molecule has 0 aromatic heterocycles. The Morgan fingerprint density at radius 3 is 2.26 bits per heavy atom. The number of sulfonamides is 1. The fourth-order valence-corrected chi connectivity index (χ4v) is 6.46. The Morgan fingerprint density at radius 1 is 1.21 bits per heavy atom. The largest absolute Gasteiger partial charge is 0.491 e. The Kier molecular flexibility index (Phi) is 8.11. The summed E-state index contributed by atoms with van der Waals surface area (Å²) in [5.74, 6) is 1.17. The van der Waals surface area contributed by atoms with Crippen molar-refractivity contribution in [2.75, 3.05) is 45.1 Å². The standard InChI is InChI=1S/C24H36N4O5S/c1-5-34(31,32)27-14-19-10-20(15-27)13-26(12-19)16-21(28(23(29)30)24(2,3)4)17-33-22-8-6-18(11-25)7-9-22/h6-9,19-21H,5,10,12-17H2,1-4H3,(H,29,30). The van der Waals surface area contributed by atoms with Crippen molar-refractivity contribution in [3.8, 4) is 11.8 Å². The average Bonchev–Trinajstić information content (AvgIpc) is 2.76. The van der Waals surface area contributed by atoms with E-state index in [4.69, 9.17) is 10.00 Å². The molecule has 2 bridgehead atoms. The lowest BCUT2D eigenvalue weighted by Gasteiger charge is -2.47. The highest BCUT2D eigenvalue weighted by Crippen LogP contribution is 2.31. The zero-order valence-corrected chi connectivity index (χ0v) is 21.3. The maximum absolute atomic E-state index is 12.4. The first-order valence-corrected chi connectivity index (χ1v) is 13.4. The minimum Gasteiger partial charge on any atom is -0.491 e. The maximum atomic E-state index is 12.4. The number of likely N-dealkylation sites (tertiary alicyclic amines) is 1. The van der Waals surface area contributed by atoms with Crippen molar-refractivity contribution >= 4 is 16.1 Å². The minimum atomic E-state index is -3.20. The number of hydrogen-bond donors (Lipinski definition) is 1. The normalized spacial score (nSPS) is 22.6. The number of amides is 1. The lowest BCUT2D eigenvalue weighted by molar-refractivity contribution is 0.00898. The fraction of sp³-hybridized carbons (Fsp3) is 0.667. The van der Waals surface area contributed by atoms with E-state index in [2.05, 4.69) is 11.0 Å². The van der Waals surface area contributed by atoms with Gasteiger partial charge in [0.05, 0.1) is 23.4 Å². The predicted octanol–water partition coefficient (Wildman–Crippen LogP) is 2.69. The molecule has 1 amide bonds. The molecule has 2 aliphatic rings. The van der Waals surface area contributed by atoms with E-state index in [1.807, 2.05) is 20.8 Å². The number of fused-ring (bicyclic) bond motifs is 2. The number of piperidine rings is 2. The summed E-state index contributed by atoms with van der Waals surface area (Å²) in [6, 6.07) is 8.43. The van der Waals surface area contributed by atoms with Gasteiger partial charge in [0.1, 0.15) is 12.4 Å². The number of carbonyl (C=O) groups is 1. The highest BCUT2D eigenvalue weighted by molar-refractivity contribution is 7.89. The summed E-state index contributed by atoms with van der Waals surface area (Å²) in [6.45, 7) is 10.5. The van der Waals surface area contributed by atoms with Gasteiger partial charge in [-0.1, -0.05) is 0 Å². The van der Waals surface area contributed by atoms with Crippen LogP contribution in [0.4, 0.5) is 4.79 Å². The first-order chi connectivity index (χ1) is 15.9. The van der Waals surface area contributed by atoms with Crippen LogP contribution < -0.4 is 4.74 Å². The molecule has 9 nitrogen and oxygen atoms in total. The van der Waals surface area contributed by atoms with Crippen LogP contribution in [-0.2, 0) is 10.0 Å². The molecule has 34 heavy (non-hydrogen) atoms. The summed E-state index contributed by atoms with van der Waals surface area (Å²) in [5, 5.41) is 19.0. The van der Waals surface area contributed by atoms with E-state index in [1.54, 1.807) is 35.5 Å². The molecule has 0 radical (unpaired) electrons. The number of benzene rings is 1. The molecule has 1 aromatic carbocycles. The van der Waals surface area contributed by atoms with Gasteiger partial charge in [0.2, 0.25) is 10.0 Å². The van der Waals surface area contributed by atoms with Crippen molar-refractivity contribution in [3.63, 3.8) is 0 Å². The second-order valence-electron chi connectivity index (χ2n) is 10.3. The van der Waals surface area contributed by atoms with Crippen LogP contribution in [0.1, 0.15) is 39.7 Å². The molecule has 10 heteroatoms. The third kappa shape index (κ3) is 6.40. The van der Waals surface area contributed by atoms with Gasteiger partial charge in [-0.3, -0.25) is 4.90 Å². The molecule has 1 aromatic rings. The van der Waals surface area contributed by atoms with Crippen LogP contribution in [0.2, 0.25) is 0 Å². The van der Waals surface area contributed by atoms with Gasteiger partial charge < -0.3 is 14.7 Å². The predicted molar refractivity (Wildman–Crippen MR) is 129 cm³/mol. The molecular formula is C24H36N4O5S. The van der Waals surface area contributed by atoms with Crippen LogP contribution in [0, 0.1) is 23.2 Å². The van der Waals surface area contributed by atoms with Gasteiger partial charge in [-0.25, -0.2) is 17.5 Å². The zero-order valence-electron chi connectivity index (χ0n) is 20.5. The van der Waals surface area contributed by atoms with E-state index in [1.165, 1.54) is 4.90 Å². The molecule has 3 unspecified atom stereocenters. The second-order valence-corrected chi connectivity index (χ2v) is 12.6. The maximum Gasteiger partial charge on any atom is 0.408 e. The smallest absolute Gasteiger partial charge is 0.408 e. The molecule has 2 heterocycles. The lowest BCUT2D eigenvalue weighted by Crippen LogP contribution is -2.60. The summed E-state index contributed by atoms with van der Waals surface area (Å²) in [4.78, 5) is 16.0. The molecule has 0 spiro atoms. The molecule has 3 atom stereocenters. The molecule has 2 fully saturated rings. The number of rotatable bonds is 8. The quantitative estimate of drug-likeness (QED) is 0.593. The summed E-state index contributed by atoms with van der Waals surface area (Å²) >= 11 is 0. The van der Waals surface area contributed by atoms with Crippen LogP contribution in [0.25, 0.3) is 0 Å². The Morgan fingerprint density at radius 2 is 1.79 bits per heavy atom. The van der Waals surface area contributed by atoms with Gasteiger partial charge in [0.15, 0.2) is 0 Å². The van der Waals surface area contributed by atoms with Gasteiger partial charge in [-0.15, -0.1) is 0 Å². The topological polar surface area (TPSA) is 114 Å². The second kappa shape index (κ2) is 10.5. The van der Waals surface area contributed by atoms with Crippen molar-refractivity contribution in [2.24, 2.45) is 11.8 Å². The van der Waals surface area contributed by atoms with Gasteiger partial charge in [0, 0.05) is 38.3 Å². The Bertz CT molecular complexity index is 986. The van der Waals surface area contributed by atoms with Crippen LogP contribution >= 0.6 is 0 Å². The van der Waals surface area contributed by atoms with E-state index >= 15 is 0 Å². The Hall–Kier alpha value is -2.35. The van der Waals surface area contributed by atoms with Gasteiger partial charge in [-0.05, 0) is 70.2 Å². The number of ether oxygens (including phenoxy) is 1. The summed E-state index contributed by atoms with van der Waals surface area (Å²) in [5.41, 5.74) is -0.0907. The average molecular weight is 493 g/mol. The minimum absolute atomic E-state index is 0.115. The van der Waals surface area contributed by atoms with Gasteiger partial charge in [0.25, 0.3) is 0 Å². The zero-order chi connectivity index (χ0) is 25.1. The first kappa shape index (κ1) is 26.3. The molecule has 2 aliphatic heterocycles.